The zero-order valence-electron chi connectivity index (χ0n) is 24.5. The number of allylic oxidation sites excluding steroid dienone is 1. The molecular weight excluding hydrogens is 610 g/mol. The Balaban J connectivity index is 1.68. The lowest BCUT2D eigenvalue weighted by molar-refractivity contribution is -0.114. The highest BCUT2D eigenvalue weighted by Gasteiger charge is 2.33. The maximum absolute atomic E-state index is 13.3. The van der Waals surface area contributed by atoms with E-state index in [1.807, 2.05) is 0 Å². The van der Waals surface area contributed by atoms with Crippen molar-refractivity contribution in [1.82, 2.24) is 0 Å². The number of aliphatic hydroxyl groups excluding tert-OH is 1. The maximum Gasteiger partial charge on any atom is 0.296 e. The highest BCUT2D eigenvalue weighted by atomic mass is 32.2. The van der Waals surface area contributed by atoms with Crippen molar-refractivity contribution in [1.29, 1.82) is 0 Å². The van der Waals surface area contributed by atoms with E-state index in [4.69, 9.17) is 24.1 Å². The number of Topliss-reactive ketones (excluding diaryl/α,β-unsaturated/α-hetero) is 1. The number of aliphatic hydroxyl groups is 1. The van der Waals surface area contributed by atoms with Crippen LogP contribution in [0, 0.1) is 0 Å². The molecule has 4 rings (SSSR count). The van der Waals surface area contributed by atoms with Gasteiger partial charge in [0.25, 0.3) is 10.1 Å². The molecule has 0 aliphatic heterocycles. The third-order valence-electron chi connectivity index (χ3n) is 6.20. The lowest BCUT2D eigenvalue weighted by Crippen LogP contribution is -2.27. The number of fused-ring (bicyclic) bond motifs is 1. The van der Waals surface area contributed by atoms with Gasteiger partial charge in [0.2, 0.25) is 11.7 Å². The average molecular weight is 640 g/mol. The second-order valence-corrected chi connectivity index (χ2v) is 10.6. The number of methoxy groups -OCH3 is 3. The fourth-order valence-corrected chi connectivity index (χ4v) is 4.84. The smallest absolute Gasteiger partial charge is 0.296 e. The number of benzene rings is 3. The molecule has 3 aromatic rings. The first-order chi connectivity index (χ1) is 21.5. The highest BCUT2D eigenvalue weighted by Crippen LogP contribution is 2.40. The molecule has 0 aromatic heterocycles. The van der Waals surface area contributed by atoms with Gasteiger partial charge in [0.05, 0.1) is 27.9 Å². The molecular formula is C29H29N5O10S. The molecule has 45 heavy (non-hydrogen) atoms. The molecule has 0 bridgehead atoms. The molecule has 0 saturated heterocycles. The summed E-state index contributed by atoms with van der Waals surface area (Å²) in [6, 6.07) is 12.0. The van der Waals surface area contributed by atoms with E-state index in [1.54, 1.807) is 18.2 Å². The maximum atomic E-state index is 13.3. The van der Waals surface area contributed by atoms with Crippen LogP contribution in [0.15, 0.2) is 68.8 Å². The molecule has 0 unspecified atom stereocenters. The molecule has 0 fully saturated rings. The molecule has 1 amide bonds. The van der Waals surface area contributed by atoms with Crippen LogP contribution in [0.4, 0.5) is 22.7 Å². The number of ketones is 1. The Morgan fingerprint density at radius 2 is 1.60 bits per heavy atom. The Hall–Kier alpha value is -5.32. The normalized spacial score (nSPS) is 13.7. The molecule has 1 aliphatic rings. The Bertz CT molecular complexity index is 1840. The van der Waals surface area contributed by atoms with E-state index in [1.165, 1.54) is 58.6 Å². The van der Waals surface area contributed by atoms with E-state index >= 15 is 0 Å². The van der Waals surface area contributed by atoms with Gasteiger partial charge in [-0.3, -0.25) is 19.6 Å². The van der Waals surface area contributed by atoms with Crippen molar-refractivity contribution in [2.45, 2.75) is 6.92 Å². The summed E-state index contributed by atoms with van der Waals surface area (Å²) in [5.74, 6) is 0.0633. The predicted molar refractivity (Wildman–Crippen MR) is 165 cm³/mol. The van der Waals surface area contributed by atoms with Crippen LogP contribution in [-0.4, -0.2) is 70.0 Å². The predicted octanol–water partition coefficient (Wildman–Crippen LogP) is 4.35. The molecule has 0 saturated carbocycles. The molecule has 0 heterocycles. The molecule has 0 radical (unpaired) electrons. The summed E-state index contributed by atoms with van der Waals surface area (Å²) in [5.41, 5.74) is 3.40. The van der Waals surface area contributed by atoms with Gasteiger partial charge in [0, 0.05) is 36.4 Å². The van der Waals surface area contributed by atoms with Crippen molar-refractivity contribution in [3.8, 4) is 23.0 Å². The summed E-state index contributed by atoms with van der Waals surface area (Å²) in [5, 5.41) is 24.0. The van der Waals surface area contributed by atoms with Gasteiger partial charge in [0.15, 0.2) is 5.71 Å². The first-order valence-electron chi connectivity index (χ1n) is 13.1. The van der Waals surface area contributed by atoms with E-state index in [0.29, 0.717) is 22.9 Å². The second kappa shape index (κ2) is 14.0. The van der Waals surface area contributed by atoms with Crippen LogP contribution >= 0.6 is 0 Å². The number of hydrogen-bond acceptors (Lipinski definition) is 13. The van der Waals surface area contributed by atoms with Crippen LogP contribution in [0.1, 0.15) is 22.8 Å². The second-order valence-electron chi connectivity index (χ2n) is 9.20. The van der Waals surface area contributed by atoms with Crippen LogP contribution in [-0.2, 0) is 14.9 Å². The molecule has 4 N–H and O–H groups in total. The molecule has 16 heteroatoms. The van der Waals surface area contributed by atoms with Crippen LogP contribution < -0.4 is 29.7 Å². The molecule has 1 aliphatic carbocycles. The Labute approximate surface area is 257 Å². The van der Waals surface area contributed by atoms with E-state index in [0.717, 1.165) is 6.08 Å². The van der Waals surface area contributed by atoms with Crippen molar-refractivity contribution in [3.05, 3.63) is 64.6 Å². The number of nitrogens with zero attached hydrogens (tertiary/aromatic N) is 3. The summed E-state index contributed by atoms with van der Waals surface area (Å²) in [6.45, 7) is 1.27. The molecule has 0 spiro atoms. The van der Waals surface area contributed by atoms with Gasteiger partial charge >= 0.3 is 0 Å². The number of amides is 1. The highest BCUT2D eigenvalue weighted by molar-refractivity contribution is 7.91. The molecule has 0 atom stereocenters. The topological polar surface area (TPSA) is 207 Å². The quantitative estimate of drug-likeness (QED) is 0.124. The first-order valence-corrected chi connectivity index (χ1v) is 14.5. The first kappa shape index (κ1) is 32.6. The fraction of sp³-hybridized carbons (Fsp3) is 0.207. The number of anilines is 2. The number of carbonyl (C=O) groups excluding carboxylic acids is 2. The van der Waals surface area contributed by atoms with Gasteiger partial charge < -0.3 is 29.4 Å². The van der Waals surface area contributed by atoms with Gasteiger partial charge in [-0.1, -0.05) is 0 Å². The zero-order valence-corrected chi connectivity index (χ0v) is 25.3. The van der Waals surface area contributed by atoms with Gasteiger partial charge in [-0.15, -0.1) is 10.2 Å². The molecule has 3 aromatic carbocycles. The SMILES string of the molecule is COc1cc(OCCO)ccc1/N=N/c1cc(OC)c(N/N=C2\C(=O)c3ccc(NC(C)=O)cc3C=C2S(=O)(=O)O)cc1OC. The Kier molecular flexibility index (Phi) is 10.1. The van der Waals surface area contributed by atoms with Gasteiger partial charge in [-0.25, -0.2) is 0 Å². The third kappa shape index (κ3) is 7.61. The van der Waals surface area contributed by atoms with E-state index in [9.17, 15) is 22.6 Å². The lowest BCUT2D eigenvalue weighted by atomic mass is 9.94. The minimum absolute atomic E-state index is 0.0979. The van der Waals surface area contributed by atoms with Crippen molar-refractivity contribution < 1.29 is 46.6 Å². The average Bonchev–Trinajstić information content (AvgIpc) is 3.01. The summed E-state index contributed by atoms with van der Waals surface area (Å²) >= 11 is 0. The number of hydrogen-bond donors (Lipinski definition) is 4. The lowest BCUT2D eigenvalue weighted by Gasteiger charge is -2.18. The number of rotatable bonds is 12. The molecule has 15 nitrogen and oxygen atoms in total. The van der Waals surface area contributed by atoms with E-state index in [2.05, 4.69) is 26.1 Å². The van der Waals surface area contributed by atoms with E-state index < -0.39 is 26.5 Å². The van der Waals surface area contributed by atoms with Crippen molar-refractivity contribution in [3.63, 3.8) is 0 Å². The van der Waals surface area contributed by atoms with Crippen LogP contribution in [0.3, 0.4) is 0 Å². The summed E-state index contributed by atoms with van der Waals surface area (Å²) in [6.07, 6.45) is 1.08. The number of carbonyl (C=O) groups is 2. The van der Waals surface area contributed by atoms with Gasteiger partial charge in [-0.2, -0.15) is 13.5 Å². The summed E-state index contributed by atoms with van der Waals surface area (Å²) in [7, 11) is -0.690. The number of nitrogens with one attached hydrogen (secondary N) is 2. The van der Waals surface area contributed by atoms with Crippen molar-refractivity contribution in [2.75, 3.05) is 45.3 Å². The number of azo groups is 1. The minimum atomic E-state index is -4.90. The van der Waals surface area contributed by atoms with Crippen LogP contribution in [0.25, 0.3) is 6.08 Å². The van der Waals surface area contributed by atoms with Crippen molar-refractivity contribution in [2.24, 2.45) is 15.3 Å². The monoisotopic (exact) mass is 639 g/mol. The van der Waals surface area contributed by atoms with Crippen LogP contribution in [0.2, 0.25) is 0 Å². The Morgan fingerprint density at radius 3 is 2.24 bits per heavy atom. The largest absolute Gasteiger partial charge is 0.494 e. The third-order valence-corrected chi connectivity index (χ3v) is 7.06. The summed E-state index contributed by atoms with van der Waals surface area (Å²) < 4.78 is 56.1. The minimum Gasteiger partial charge on any atom is -0.494 e. The van der Waals surface area contributed by atoms with Gasteiger partial charge in [-0.05, 0) is 42.0 Å². The standard InChI is InChI=1S/C29H29N5O10S/c1-16(36)30-18-5-7-20-17(11-18)12-27(45(38,39)40)28(29(20)37)34-33-23-15-25(42-3)22(14-26(23)43-4)32-31-21-8-6-19(44-10-9-35)13-24(21)41-2/h5-8,11-15,33,35H,9-10H2,1-4H3,(H,30,36)(H,38,39,40)/b32-31+,34-28-. The van der Waals surface area contributed by atoms with E-state index in [-0.39, 0.29) is 53.1 Å². The Morgan fingerprint density at radius 1 is 0.911 bits per heavy atom. The zero-order chi connectivity index (χ0) is 32.7. The van der Waals surface area contributed by atoms with Gasteiger partial charge in [0.1, 0.15) is 51.6 Å². The number of hydrazone groups is 1. The number of ether oxygens (including phenoxy) is 4. The van der Waals surface area contributed by atoms with Crippen molar-refractivity contribution >= 4 is 56.3 Å². The molecule has 236 valence electrons. The summed E-state index contributed by atoms with van der Waals surface area (Å²) in [4.78, 5) is 24.0. The fourth-order valence-electron chi connectivity index (χ4n) is 4.19. The van der Waals surface area contributed by atoms with Crippen LogP contribution in [0.5, 0.6) is 23.0 Å².